The van der Waals surface area contributed by atoms with E-state index in [0.29, 0.717) is 5.92 Å². The van der Waals surface area contributed by atoms with E-state index in [2.05, 4.69) is 31.3 Å². The summed E-state index contributed by atoms with van der Waals surface area (Å²) in [6.45, 7) is 5.44. The largest absolute Gasteiger partial charge is 0.495 e. The van der Waals surface area contributed by atoms with E-state index in [4.69, 9.17) is 4.74 Å². The van der Waals surface area contributed by atoms with E-state index in [-0.39, 0.29) is 0 Å². The molecule has 1 unspecified atom stereocenters. The first-order valence-electron chi connectivity index (χ1n) is 5.61. The maximum Gasteiger partial charge on any atom is 0.138 e. The molecule has 1 heterocycles. The Morgan fingerprint density at radius 1 is 1.40 bits per heavy atom. The molecule has 0 spiro atoms. The van der Waals surface area contributed by atoms with Crippen LogP contribution in [0.3, 0.4) is 0 Å². The molecule has 0 saturated carbocycles. The first kappa shape index (κ1) is 10.3. The molecule has 1 atom stereocenters. The third-order valence-corrected chi connectivity index (χ3v) is 3.19. The lowest BCUT2D eigenvalue weighted by molar-refractivity contribution is 0.285. The quantitative estimate of drug-likeness (QED) is 0.710. The molecule has 2 rings (SSSR count). The van der Waals surface area contributed by atoms with E-state index in [1.165, 1.54) is 29.7 Å². The summed E-state index contributed by atoms with van der Waals surface area (Å²) in [5.74, 6) is 1.54. The zero-order valence-electron chi connectivity index (χ0n) is 9.76. The second-order valence-corrected chi connectivity index (χ2v) is 4.39. The van der Waals surface area contributed by atoms with Crippen LogP contribution in [-0.4, -0.2) is 13.7 Å². The molecule has 1 N–H and O–H groups in total. The Kier molecular flexibility index (Phi) is 2.85. The summed E-state index contributed by atoms with van der Waals surface area (Å²) in [4.78, 5) is 0. The van der Waals surface area contributed by atoms with E-state index in [0.717, 1.165) is 12.3 Å². The lowest BCUT2D eigenvalue weighted by atomic mass is 9.82. The van der Waals surface area contributed by atoms with Crippen molar-refractivity contribution < 1.29 is 4.74 Å². The molecule has 0 aromatic carbocycles. The van der Waals surface area contributed by atoms with Crippen LogP contribution in [-0.2, 0) is 4.74 Å². The molecule has 0 amide bonds. The summed E-state index contributed by atoms with van der Waals surface area (Å²) >= 11 is 0. The van der Waals surface area contributed by atoms with E-state index < -0.39 is 0 Å². The molecule has 0 radical (unpaired) electrons. The van der Waals surface area contributed by atoms with E-state index >= 15 is 0 Å². The van der Waals surface area contributed by atoms with Gasteiger partial charge in [0.05, 0.1) is 12.8 Å². The number of nitrogens with one attached hydrogen (secondary N) is 1. The standard InChI is InChI=1S/C13H19NO/c1-9(2)10-6-7-12(15-3)13-11(10)5-4-8-14-13/h6-7,11,14H,4-5,8H2,1-3H3. The van der Waals surface area contributed by atoms with Gasteiger partial charge in [0.15, 0.2) is 0 Å². The highest BCUT2D eigenvalue weighted by Crippen LogP contribution is 2.35. The molecule has 1 fully saturated rings. The minimum absolute atomic E-state index is 0.531. The Hall–Kier alpha value is -1.18. The van der Waals surface area contributed by atoms with Crippen LogP contribution in [0.1, 0.15) is 26.7 Å². The van der Waals surface area contributed by atoms with Crippen LogP contribution >= 0.6 is 0 Å². The van der Waals surface area contributed by atoms with Gasteiger partial charge in [-0.2, -0.15) is 0 Å². The second kappa shape index (κ2) is 4.13. The van der Waals surface area contributed by atoms with Crippen LogP contribution in [0.25, 0.3) is 0 Å². The van der Waals surface area contributed by atoms with Crippen molar-refractivity contribution in [1.29, 1.82) is 0 Å². The Bertz CT molecular complexity index is 346. The van der Waals surface area contributed by atoms with Crippen molar-refractivity contribution in [2.75, 3.05) is 13.7 Å². The number of hydrogen-bond donors (Lipinski definition) is 1. The summed E-state index contributed by atoms with van der Waals surface area (Å²) in [5, 5.41) is 3.48. The van der Waals surface area contributed by atoms with Gasteiger partial charge in [0.2, 0.25) is 0 Å². The minimum atomic E-state index is 0.531. The van der Waals surface area contributed by atoms with Gasteiger partial charge >= 0.3 is 0 Å². The Balaban J connectivity index is 2.40. The average Bonchev–Trinajstić information content (AvgIpc) is 2.27. The maximum atomic E-state index is 5.40. The molecule has 1 aliphatic carbocycles. The molecule has 1 saturated heterocycles. The van der Waals surface area contributed by atoms with Crippen LogP contribution in [0.2, 0.25) is 0 Å². The number of rotatable bonds is 1. The van der Waals surface area contributed by atoms with Crippen molar-refractivity contribution >= 4 is 0 Å². The van der Waals surface area contributed by atoms with Crippen molar-refractivity contribution in [2.45, 2.75) is 26.7 Å². The first-order chi connectivity index (χ1) is 7.24. The van der Waals surface area contributed by atoms with Gasteiger partial charge in [-0.05, 0) is 38.3 Å². The first-order valence-corrected chi connectivity index (χ1v) is 5.61. The van der Waals surface area contributed by atoms with Crippen molar-refractivity contribution in [3.05, 3.63) is 34.8 Å². The second-order valence-electron chi connectivity index (χ2n) is 4.39. The summed E-state index contributed by atoms with van der Waals surface area (Å²) < 4.78 is 5.40. The van der Waals surface area contributed by atoms with Gasteiger partial charge in [-0.3, -0.25) is 0 Å². The molecule has 2 aliphatic rings. The van der Waals surface area contributed by atoms with Crippen LogP contribution in [0.15, 0.2) is 34.8 Å². The maximum absolute atomic E-state index is 5.40. The molecule has 0 aromatic rings. The van der Waals surface area contributed by atoms with Gasteiger partial charge in [0.25, 0.3) is 0 Å². The van der Waals surface area contributed by atoms with Crippen molar-refractivity contribution in [1.82, 2.24) is 5.32 Å². The number of ether oxygens (including phenoxy) is 1. The molecule has 0 aromatic heterocycles. The van der Waals surface area contributed by atoms with Gasteiger partial charge in [0, 0.05) is 12.5 Å². The summed E-state index contributed by atoms with van der Waals surface area (Å²) in [6, 6.07) is 0. The molecule has 15 heavy (non-hydrogen) atoms. The zero-order chi connectivity index (χ0) is 10.8. The summed E-state index contributed by atoms with van der Waals surface area (Å²) in [6.07, 6.45) is 6.76. The molecular weight excluding hydrogens is 186 g/mol. The van der Waals surface area contributed by atoms with Crippen LogP contribution in [0.4, 0.5) is 0 Å². The predicted molar refractivity (Wildman–Crippen MR) is 62.3 cm³/mol. The van der Waals surface area contributed by atoms with Crippen LogP contribution in [0, 0.1) is 5.92 Å². The zero-order valence-corrected chi connectivity index (χ0v) is 9.76. The fraction of sp³-hybridized carbons (Fsp3) is 0.538. The lowest BCUT2D eigenvalue weighted by Gasteiger charge is -2.32. The molecule has 82 valence electrons. The van der Waals surface area contributed by atoms with Gasteiger partial charge < -0.3 is 10.1 Å². The van der Waals surface area contributed by atoms with Gasteiger partial charge in [-0.25, -0.2) is 0 Å². The number of allylic oxidation sites excluding steroid dienone is 4. The predicted octanol–water partition coefficient (Wildman–Crippen LogP) is 2.75. The average molecular weight is 205 g/mol. The number of piperidine rings is 1. The van der Waals surface area contributed by atoms with Gasteiger partial charge in [0.1, 0.15) is 5.76 Å². The number of methoxy groups -OCH3 is 1. The van der Waals surface area contributed by atoms with E-state index in [1.54, 1.807) is 7.11 Å². The van der Waals surface area contributed by atoms with Crippen molar-refractivity contribution in [3.63, 3.8) is 0 Å². The van der Waals surface area contributed by atoms with Crippen molar-refractivity contribution in [3.8, 4) is 0 Å². The molecule has 1 aliphatic heterocycles. The lowest BCUT2D eigenvalue weighted by Crippen LogP contribution is -2.31. The number of fused-ring (bicyclic) bond motifs is 1. The number of hydrogen-bond acceptors (Lipinski definition) is 2. The normalized spacial score (nSPS) is 24.7. The topological polar surface area (TPSA) is 21.3 Å². The highest BCUT2D eigenvalue weighted by atomic mass is 16.5. The van der Waals surface area contributed by atoms with Gasteiger partial charge in [-0.15, -0.1) is 0 Å². The Morgan fingerprint density at radius 3 is 2.87 bits per heavy atom. The van der Waals surface area contributed by atoms with Gasteiger partial charge in [-0.1, -0.05) is 11.6 Å². The monoisotopic (exact) mass is 205 g/mol. The fourth-order valence-corrected chi connectivity index (χ4v) is 2.43. The molecular formula is C13H19NO. The van der Waals surface area contributed by atoms with E-state index in [9.17, 15) is 0 Å². The van der Waals surface area contributed by atoms with Crippen molar-refractivity contribution in [2.24, 2.45) is 5.92 Å². The third kappa shape index (κ3) is 1.81. The highest BCUT2D eigenvalue weighted by molar-refractivity contribution is 5.43. The van der Waals surface area contributed by atoms with Crippen LogP contribution < -0.4 is 5.32 Å². The third-order valence-electron chi connectivity index (χ3n) is 3.19. The summed E-state index contributed by atoms with van der Waals surface area (Å²) in [5.41, 5.74) is 4.15. The van der Waals surface area contributed by atoms with E-state index in [1.807, 2.05) is 0 Å². The Morgan fingerprint density at radius 2 is 2.20 bits per heavy atom. The Labute approximate surface area is 91.7 Å². The minimum Gasteiger partial charge on any atom is -0.495 e. The SMILES string of the molecule is COC1=C2NCCCC2C(=C(C)C)C=C1. The molecule has 2 nitrogen and oxygen atoms in total. The fourth-order valence-electron chi connectivity index (χ4n) is 2.43. The highest BCUT2D eigenvalue weighted by Gasteiger charge is 2.27. The smallest absolute Gasteiger partial charge is 0.138 e. The van der Waals surface area contributed by atoms with Crippen LogP contribution in [0.5, 0.6) is 0 Å². The molecule has 0 bridgehead atoms. The molecule has 2 heteroatoms. The summed E-state index contributed by atoms with van der Waals surface area (Å²) in [7, 11) is 1.74.